The first kappa shape index (κ1) is 36.7. The van der Waals surface area contributed by atoms with Gasteiger partial charge < -0.3 is 33.7 Å². The van der Waals surface area contributed by atoms with E-state index in [4.69, 9.17) is 18.9 Å². The molecule has 2 saturated carbocycles. The molecule has 13 heteroatoms. The Hall–Kier alpha value is -5.63. The van der Waals surface area contributed by atoms with E-state index in [9.17, 15) is 14.4 Å². The molecule has 0 radical (unpaired) electrons. The number of amides is 3. The summed E-state index contributed by atoms with van der Waals surface area (Å²) in [7, 11) is 2.09. The molecule has 5 aromatic rings. The van der Waals surface area contributed by atoms with Crippen LogP contribution in [0.1, 0.15) is 59.2 Å². The fraction of sp³-hybridized carbons (Fsp3) is 0.400. The number of hydrogen-bond acceptors (Lipinski definition) is 10. The Morgan fingerprint density at radius 1 is 0.776 bits per heavy atom. The van der Waals surface area contributed by atoms with Crippen LogP contribution in [0, 0.1) is 5.92 Å². The summed E-state index contributed by atoms with van der Waals surface area (Å²) in [6.45, 7) is 7.00. The van der Waals surface area contributed by atoms with Crippen molar-refractivity contribution < 1.29 is 33.3 Å². The lowest BCUT2D eigenvalue weighted by molar-refractivity contribution is -0.125. The second-order valence-electron chi connectivity index (χ2n) is 16.3. The van der Waals surface area contributed by atoms with Crippen molar-refractivity contribution >= 4 is 45.2 Å². The number of carbonyl (C=O) groups excluding carboxylic acids is 3. The number of carbonyl (C=O) groups is 3. The van der Waals surface area contributed by atoms with E-state index in [0.29, 0.717) is 67.8 Å². The highest BCUT2D eigenvalue weighted by Gasteiger charge is 2.44. The summed E-state index contributed by atoms with van der Waals surface area (Å²) in [6.07, 6.45) is 11.0. The van der Waals surface area contributed by atoms with E-state index in [-0.39, 0.29) is 30.3 Å². The summed E-state index contributed by atoms with van der Waals surface area (Å²) < 4.78 is 26.7. The van der Waals surface area contributed by atoms with Crippen LogP contribution in [-0.2, 0) is 26.1 Å². The maximum atomic E-state index is 13.2. The minimum Gasteiger partial charge on any atom is -0.474 e. The number of piperidine rings is 1. The van der Waals surface area contributed by atoms with Crippen LogP contribution in [-0.4, -0.2) is 101 Å². The minimum absolute atomic E-state index is 0.0767. The molecule has 3 aromatic heterocycles. The second kappa shape index (κ2) is 14.9. The summed E-state index contributed by atoms with van der Waals surface area (Å²) in [5, 5.41) is 5.02. The van der Waals surface area contributed by atoms with Crippen molar-refractivity contribution in [2.24, 2.45) is 13.0 Å². The van der Waals surface area contributed by atoms with Gasteiger partial charge in [-0.05, 0) is 73.6 Å². The van der Waals surface area contributed by atoms with Crippen molar-refractivity contribution in [1.29, 1.82) is 0 Å². The Kier molecular flexibility index (Phi) is 9.46. The van der Waals surface area contributed by atoms with E-state index in [2.05, 4.69) is 62.6 Å². The number of aromatic nitrogens is 3. The van der Waals surface area contributed by atoms with Crippen LogP contribution in [0.25, 0.3) is 32.9 Å². The van der Waals surface area contributed by atoms with Crippen molar-refractivity contribution in [2.75, 3.05) is 37.8 Å². The number of imide groups is 1. The molecule has 2 aliphatic carbocycles. The Morgan fingerprint density at radius 2 is 1.55 bits per heavy atom. The number of nitrogens with one attached hydrogen (secondary N) is 1. The number of hydrogen-bond donors (Lipinski definition) is 1. The van der Waals surface area contributed by atoms with Gasteiger partial charge in [0.25, 0.3) is 11.8 Å². The van der Waals surface area contributed by atoms with Gasteiger partial charge in [-0.15, -0.1) is 0 Å². The third-order valence-electron chi connectivity index (χ3n) is 12.5. The van der Waals surface area contributed by atoms with E-state index in [1.54, 1.807) is 12.1 Å². The number of nitrogens with zero attached hydrogens (tertiary/aromatic N) is 5. The molecule has 0 bridgehead atoms. The molecule has 13 nitrogen and oxygen atoms in total. The lowest BCUT2D eigenvalue weighted by Crippen LogP contribution is -2.52. The molecule has 10 rings (SSSR count). The molecule has 2 aromatic carbocycles. The van der Waals surface area contributed by atoms with Crippen LogP contribution < -0.4 is 15.0 Å². The third kappa shape index (κ3) is 6.80. The monoisotopic (exact) mass is 782 g/mol. The van der Waals surface area contributed by atoms with Gasteiger partial charge in [0.2, 0.25) is 11.8 Å². The number of ether oxygens (including phenoxy) is 4. The maximum Gasteiger partial charge on any atom is 0.262 e. The normalized spacial score (nSPS) is 24.5. The van der Waals surface area contributed by atoms with E-state index in [1.165, 1.54) is 16.4 Å². The molecule has 5 aliphatic rings. The van der Waals surface area contributed by atoms with Gasteiger partial charge in [-0.3, -0.25) is 24.3 Å². The Morgan fingerprint density at radius 3 is 2.34 bits per heavy atom. The van der Waals surface area contributed by atoms with Gasteiger partial charge in [0.15, 0.2) is 0 Å². The molecule has 1 unspecified atom stereocenters. The largest absolute Gasteiger partial charge is 0.474 e. The smallest absolute Gasteiger partial charge is 0.262 e. The number of rotatable bonds is 13. The number of allylic oxidation sites excluding steroid dienone is 1. The first-order valence-electron chi connectivity index (χ1n) is 20.3. The summed E-state index contributed by atoms with van der Waals surface area (Å²) >= 11 is 0. The fourth-order valence-corrected chi connectivity index (χ4v) is 8.91. The summed E-state index contributed by atoms with van der Waals surface area (Å²) in [4.78, 5) is 50.9. The topological polar surface area (TPSA) is 137 Å². The van der Waals surface area contributed by atoms with Crippen molar-refractivity contribution in [1.82, 2.24) is 24.8 Å². The average Bonchev–Trinajstić information content (AvgIpc) is 3.61. The van der Waals surface area contributed by atoms with Gasteiger partial charge in [0.05, 0.1) is 48.2 Å². The fourth-order valence-electron chi connectivity index (χ4n) is 8.91. The minimum atomic E-state index is -0.815. The molecular formula is C45H46N6O7. The quantitative estimate of drug-likeness (QED) is 0.115. The molecule has 6 heterocycles. The molecule has 2 saturated heterocycles. The van der Waals surface area contributed by atoms with E-state index >= 15 is 0 Å². The van der Waals surface area contributed by atoms with Gasteiger partial charge in [-0.2, -0.15) is 0 Å². The Balaban J connectivity index is 0.593. The van der Waals surface area contributed by atoms with Crippen molar-refractivity contribution in [2.45, 2.75) is 69.0 Å². The lowest BCUT2D eigenvalue weighted by Gasteiger charge is -2.41. The molecular weight excluding hydrogens is 737 g/mol. The lowest BCUT2D eigenvalue weighted by atomic mass is 9.82. The van der Waals surface area contributed by atoms with E-state index < -0.39 is 17.9 Å². The maximum absolute atomic E-state index is 13.2. The van der Waals surface area contributed by atoms with E-state index in [0.717, 1.165) is 59.4 Å². The van der Waals surface area contributed by atoms with Crippen molar-refractivity contribution in [3.63, 3.8) is 0 Å². The standard InChI is InChI=1S/C45H46N6O7/c1-26-3-9-40(43(52)48-26)51-44(53)36-8-6-30(18-37(36)45(51)54)50-23-34(24-50)56-14-13-55-31-15-27(16-31)25-57-32-19-33(20-32)58-42-10-5-29(21-47-42)28-4-7-35-38-22-46-12-11-39(38)49(2)41(35)17-28/h4-8,10-12,17-18,21-22,27,31-34,40H,1,3,9,13-16,19-20,23-25H2,2H3,(H,48,52). The van der Waals surface area contributed by atoms with Crippen LogP contribution >= 0.6 is 0 Å². The van der Waals surface area contributed by atoms with Gasteiger partial charge in [0, 0.05) is 97.5 Å². The summed E-state index contributed by atoms with van der Waals surface area (Å²) in [5.74, 6) is -0.0465. The van der Waals surface area contributed by atoms with Crippen LogP contribution in [0.15, 0.2) is 85.5 Å². The molecule has 1 atom stereocenters. The van der Waals surface area contributed by atoms with Gasteiger partial charge >= 0.3 is 0 Å². The number of pyridine rings is 2. The Labute approximate surface area is 335 Å². The number of aryl methyl sites for hydroxylation is 1. The highest BCUT2D eigenvalue weighted by atomic mass is 16.5. The molecule has 1 N–H and O–H groups in total. The predicted octanol–water partition coefficient (Wildman–Crippen LogP) is 5.80. The van der Waals surface area contributed by atoms with Crippen LogP contribution in [0.3, 0.4) is 0 Å². The first-order valence-corrected chi connectivity index (χ1v) is 20.3. The van der Waals surface area contributed by atoms with Gasteiger partial charge in [-0.1, -0.05) is 18.7 Å². The number of benzene rings is 2. The average molecular weight is 783 g/mol. The summed E-state index contributed by atoms with van der Waals surface area (Å²) in [6, 6.07) is 17.1. The Bertz CT molecular complexity index is 2430. The zero-order valence-corrected chi connectivity index (χ0v) is 32.5. The van der Waals surface area contributed by atoms with Crippen LogP contribution in [0.2, 0.25) is 0 Å². The molecule has 0 spiro atoms. The van der Waals surface area contributed by atoms with Gasteiger partial charge in [-0.25, -0.2) is 4.98 Å². The van der Waals surface area contributed by atoms with Crippen LogP contribution in [0.4, 0.5) is 5.69 Å². The highest BCUT2D eigenvalue weighted by Crippen LogP contribution is 2.36. The first-order chi connectivity index (χ1) is 28.3. The predicted molar refractivity (Wildman–Crippen MR) is 217 cm³/mol. The van der Waals surface area contributed by atoms with E-state index in [1.807, 2.05) is 36.8 Å². The molecule has 58 heavy (non-hydrogen) atoms. The van der Waals surface area contributed by atoms with Crippen molar-refractivity contribution in [3.05, 3.63) is 96.6 Å². The molecule has 298 valence electrons. The second-order valence-corrected chi connectivity index (χ2v) is 16.3. The van der Waals surface area contributed by atoms with Crippen LogP contribution in [0.5, 0.6) is 5.88 Å². The molecule has 4 fully saturated rings. The highest BCUT2D eigenvalue weighted by molar-refractivity contribution is 6.23. The van der Waals surface area contributed by atoms with Gasteiger partial charge in [0.1, 0.15) is 12.1 Å². The SMILES string of the molecule is C=C1CCC(N2C(=O)c3ccc(N4CC(OCCOC5CC(COC6CC(Oc7ccc(-c8ccc9c%10cnccc%10n(C)c9c8)cn7)C6)C5)C4)cc3C2=O)C(=O)N1. The number of fused-ring (bicyclic) bond motifs is 4. The summed E-state index contributed by atoms with van der Waals surface area (Å²) in [5.41, 5.74) is 6.64. The molecule has 3 amide bonds. The zero-order chi connectivity index (χ0) is 39.5. The van der Waals surface area contributed by atoms with Crippen molar-refractivity contribution in [3.8, 4) is 17.0 Å². The third-order valence-corrected chi connectivity index (χ3v) is 12.5. The number of anilines is 1. The molecule has 3 aliphatic heterocycles. The zero-order valence-electron chi connectivity index (χ0n) is 32.5.